The maximum absolute atomic E-state index is 13.9. The Labute approximate surface area is 181 Å². The number of nitrogen functional groups attached to an aromatic ring is 1. The van der Waals surface area contributed by atoms with Crippen LogP contribution >= 0.6 is 11.8 Å². The number of hydrogen-bond donors (Lipinski definition) is 2. The Hall–Kier alpha value is -2.54. The van der Waals surface area contributed by atoms with E-state index in [2.05, 4.69) is 15.3 Å². The zero-order valence-corrected chi connectivity index (χ0v) is 18.6. The van der Waals surface area contributed by atoms with E-state index in [1.54, 1.807) is 17.8 Å². The molecule has 0 saturated heterocycles. The summed E-state index contributed by atoms with van der Waals surface area (Å²) < 4.78 is 20.0. The van der Waals surface area contributed by atoms with Crippen molar-refractivity contribution in [3.63, 3.8) is 0 Å². The lowest BCUT2D eigenvalue weighted by Gasteiger charge is -2.24. The number of nitrogens with one attached hydrogen (secondary N) is 1. The van der Waals surface area contributed by atoms with Crippen molar-refractivity contribution in [2.75, 3.05) is 23.6 Å². The summed E-state index contributed by atoms with van der Waals surface area (Å²) in [5.74, 6) is 0.849. The SMILES string of the molecule is CSC.Cc1cc(N)cc2ncnc(Nc3ccc(F)cc3OC3CCCCC3)c12. The summed E-state index contributed by atoms with van der Waals surface area (Å²) in [6.07, 6.45) is 11.3. The number of aryl methyl sites for hydroxylation is 1. The third-order valence-corrected chi connectivity index (χ3v) is 5.00. The van der Waals surface area contributed by atoms with E-state index in [1.807, 2.05) is 31.6 Å². The normalized spacial score (nSPS) is 14.1. The molecule has 2 aromatic carbocycles. The van der Waals surface area contributed by atoms with Gasteiger partial charge in [0.1, 0.15) is 23.7 Å². The van der Waals surface area contributed by atoms with Gasteiger partial charge < -0.3 is 15.8 Å². The second-order valence-corrected chi connectivity index (χ2v) is 8.32. The Kier molecular flexibility index (Phi) is 7.74. The number of rotatable bonds is 4. The van der Waals surface area contributed by atoms with Gasteiger partial charge in [-0.05, 0) is 74.9 Å². The topological polar surface area (TPSA) is 73.1 Å². The first-order valence-corrected chi connectivity index (χ1v) is 11.8. The van der Waals surface area contributed by atoms with Crippen LogP contribution in [0.2, 0.25) is 0 Å². The van der Waals surface area contributed by atoms with Gasteiger partial charge in [0.15, 0.2) is 0 Å². The van der Waals surface area contributed by atoms with Crippen LogP contribution in [0.3, 0.4) is 0 Å². The minimum atomic E-state index is -0.317. The van der Waals surface area contributed by atoms with Gasteiger partial charge in [0, 0.05) is 17.1 Å². The molecule has 1 heterocycles. The fraction of sp³-hybridized carbons (Fsp3) is 0.391. The molecule has 0 amide bonds. The molecule has 1 aromatic heterocycles. The molecule has 0 bridgehead atoms. The molecular weight excluding hydrogens is 399 g/mol. The van der Waals surface area contributed by atoms with Crippen molar-refractivity contribution in [1.82, 2.24) is 9.97 Å². The van der Waals surface area contributed by atoms with Gasteiger partial charge in [-0.1, -0.05) is 6.42 Å². The first-order valence-electron chi connectivity index (χ1n) is 10.2. The molecule has 0 radical (unpaired) electrons. The summed E-state index contributed by atoms with van der Waals surface area (Å²) in [4.78, 5) is 8.70. The van der Waals surface area contributed by atoms with Crippen molar-refractivity contribution in [3.8, 4) is 5.75 Å². The van der Waals surface area contributed by atoms with Crippen LogP contribution in [-0.2, 0) is 0 Å². The Morgan fingerprint density at radius 1 is 1.10 bits per heavy atom. The molecule has 0 spiro atoms. The van der Waals surface area contributed by atoms with E-state index in [9.17, 15) is 4.39 Å². The largest absolute Gasteiger partial charge is 0.488 e. The van der Waals surface area contributed by atoms with Gasteiger partial charge in [0.25, 0.3) is 0 Å². The molecule has 7 heteroatoms. The molecule has 1 aliphatic carbocycles. The molecule has 160 valence electrons. The van der Waals surface area contributed by atoms with E-state index >= 15 is 0 Å². The number of ether oxygens (including phenoxy) is 1. The maximum Gasteiger partial charge on any atom is 0.146 e. The lowest BCUT2D eigenvalue weighted by Crippen LogP contribution is -2.20. The van der Waals surface area contributed by atoms with Gasteiger partial charge in [-0.25, -0.2) is 14.4 Å². The van der Waals surface area contributed by atoms with Crippen LogP contribution in [0.1, 0.15) is 37.7 Å². The summed E-state index contributed by atoms with van der Waals surface area (Å²) in [5.41, 5.74) is 9.02. The van der Waals surface area contributed by atoms with Gasteiger partial charge in [0.2, 0.25) is 0 Å². The summed E-state index contributed by atoms with van der Waals surface area (Å²) in [6.45, 7) is 1.97. The minimum absolute atomic E-state index is 0.129. The van der Waals surface area contributed by atoms with Gasteiger partial charge in [-0.15, -0.1) is 0 Å². The van der Waals surface area contributed by atoms with Crippen molar-refractivity contribution in [2.24, 2.45) is 0 Å². The van der Waals surface area contributed by atoms with E-state index < -0.39 is 0 Å². The van der Waals surface area contributed by atoms with Crippen LogP contribution < -0.4 is 15.8 Å². The number of benzene rings is 2. The molecule has 0 atom stereocenters. The molecule has 1 fully saturated rings. The molecule has 4 rings (SSSR count). The van der Waals surface area contributed by atoms with Gasteiger partial charge >= 0.3 is 0 Å². The summed E-state index contributed by atoms with van der Waals surface area (Å²) >= 11 is 1.75. The average molecular weight is 429 g/mol. The van der Waals surface area contributed by atoms with Crippen LogP contribution in [0.4, 0.5) is 21.6 Å². The van der Waals surface area contributed by atoms with E-state index in [0.717, 1.165) is 42.1 Å². The molecular formula is C23H29FN4OS. The predicted molar refractivity (Wildman–Crippen MR) is 125 cm³/mol. The number of fused-ring (bicyclic) bond motifs is 1. The Balaban J connectivity index is 0.000000806. The molecule has 3 aromatic rings. The number of nitrogens with zero attached hydrogens (tertiary/aromatic N) is 2. The highest BCUT2D eigenvalue weighted by atomic mass is 32.2. The van der Waals surface area contributed by atoms with Crippen molar-refractivity contribution in [3.05, 3.63) is 48.0 Å². The van der Waals surface area contributed by atoms with Crippen molar-refractivity contribution >= 4 is 39.9 Å². The number of aromatic nitrogens is 2. The minimum Gasteiger partial charge on any atom is -0.488 e. The third-order valence-electron chi connectivity index (χ3n) is 5.00. The summed E-state index contributed by atoms with van der Waals surface area (Å²) in [5, 5.41) is 4.20. The number of hydrogen-bond acceptors (Lipinski definition) is 6. The highest BCUT2D eigenvalue weighted by Crippen LogP contribution is 2.34. The Morgan fingerprint density at radius 3 is 2.57 bits per heavy atom. The second-order valence-electron chi connectivity index (χ2n) is 7.51. The second kappa shape index (κ2) is 10.5. The molecule has 1 saturated carbocycles. The van der Waals surface area contributed by atoms with E-state index in [0.29, 0.717) is 22.9 Å². The Morgan fingerprint density at radius 2 is 1.83 bits per heavy atom. The zero-order chi connectivity index (χ0) is 21.5. The molecule has 0 unspecified atom stereocenters. The maximum atomic E-state index is 13.9. The molecule has 1 aliphatic rings. The average Bonchev–Trinajstić information content (AvgIpc) is 2.71. The van der Waals surface area contributed by atoms with Crippen LogP contribution in [0.15, 0.2) is 36.7 Å². The zero-order valence-electron chi connectivity index (χ0n) is 17.7. The smallest absolute Gasteiger partial charge is 0.146 e. The van der Waals surface area contributed by atoms with Crippen LogP contribution in [0.25, 0.3) is 10.9 Å². The Bertz CT molecular complexity index is 992. The molecule has 5 nitrogen and oxygen atoms in total. The summed E-state index contributed by atoms with van der Waals surface area (Å²) in [7, 11) is 0. The van der Waals surface area contributed by atoms with Crippen molar-refractivity contribution in [2.45, 2.75) is 45.1 Å². The number of nitrogens with two attached hydrogens (primary N) is 1. The van der Waals surface area contributed by atoms with E-state index in [-0.39, 0.29) is 11.9 Å². The number of halogens is 1. The first-order chi connectivity index (χ1) is 14.5. The van der Waals surface area contributed by atoms with Crippen molar-refractivity contribution in [1.29, 1.82) is 0 Å². The number of thioether (sulfide) groups is 1. The lowest BCUT2D eigenvalue weighted by molar-refractivity contribution is 0.155. The highest BCUT2D eigenvalue weighted by Gasteiger charge is 2.18. The van der Waals surface area contributed by atoms with Crippen molar-refractivity contribution < 1.29 is 9.13 Å². The predicted octanol–water partition coefficient (Wildman–Crippen LogP) is 6.09. The quantitative estimate of drug-likeness (QED) is 0.490. The van der Waals surface area contributed by atoms with Crippen LogP contribution in [0, 0.1) is 12.7 Å². The first kappa shape index (κ1) is 22.2. The monoisotopic (exact) mass is 428 g/mol. The third kappa shape index (κ3) is 5.53. The fourth-order valence-electron chi connectivity index (χ4n) is 3.70. The van der Waals surface area contributed by atoms with E-state index in [4.69, 9.17) is 10.5 Å². The van der Waals surface area contributed by atoms with Crippen LogP contribution in [0.5, 0.6) is 5.75 Å². The summed E-state index contributed by atoms with van der Waals surface area (Å²) in [6, 6.07) is 8.25. The van der Waals surface area contributed by atoms with Gasteiger partial charge in [-0.2, -0.15) is 11.8 Å². The molecule has 3 N–H and O–H groups in total. The fourth-order valence-corrected chi connectivity index (χ4v) is 3.70. The number of anilines is 3. The van der Waals surface area contributed by atoms with E-state index in [1.165, 1.54) is 24.9 Å². The van der Waals surface area contributed by atoms with Gasteiger partial charge in [-0.3, -0.25) is 0 Å². The lowest BCUT2D eigenvalue weighted by atomic mass is 9.98. The highest BCUT2D eigenvalue weighted by molar-refractivity contribution is 7.97. The van der Waals surface area contributed by atoms with Gasteiger partial charge in [0.05, 0.1) is 17.3 Å². The standard InChI is InChI=1S/C21H23FN4O.C2H6S/c1-13-9-15(23)11-18-20(13)21(25-12-24-18)26-17-8-7-14(22)10-19(17)27-16-5-3-2-4-6-16;1-3-2/h7-12,16H,2-6,23H2,1H3,(H,24,25,26);1-2H3. The molecule has 0 aliphatic heterocycles. The molecule has 30 heavy (non-hydrogen) atoms. The van der Waals surface area contributed by atoms with Crippen LogP contribution in [-0.4, -0.2) is 28.6 Å².